The summed E-state index contributed by atoms with van der Waals surface area (Å²) in [6.07, 6.45) is 0. The number of H-pyrrole nitrogens is 1. The van der Waals surface area contributed by atoms with Crippen molar-refractivity contribution < 1.29 is 9.90 Å². The third-order valence-corrected chi connectivity index (χ3v) is 3.79. The molecule has 0 aliphatic rings. The fourth-order valence-electron chi connectivity index (χ4n) is 2.38. The van der Waals surface area contributed by atoms with Crippen molar-refractivity contribution in [2.24, 2.45) is 0 Å². The van der Waals surface area contributed by atoms with Gasteiger partial charge in [0.25, 0.3) is 5.91 Å². The minimum Gasteiger partial charge on any atom is -0.392 e. The van der Waals surface area contributed by atoms with E-state index in [4.69, 9.17) is 11.6 Å². The largest absolute Gasteiger partial charge is 0.392 e. The number of benzene rings is 2. The van der Waals surface area contributed by atoms with Crippen molar-refractivity contribution in [3.63, 3.8) is 0 Å². The van der Waals surface area contributed by atoms with Crippen LogP contribution in [0.15, 0.2) is 48.5 Å². The summed E-state index contributed by atoms with van der Waals surface area (Å²) in [5.41, 5.74) is 3.06. The maximum atomic E-state index is 12.2. The van der Waals surface area contributed by atoms with Crippen molar-refractivity contribution in [2.75, 3.05) is 0 Å². The van der Waals surface area contributed by atoms with Gasteiger partial charge >= 0.3 is 0 Å². The van der Waals surface area contributed by atoms with Crippen molar-refractivity contribution >= 4 is 28.4 Å². The molecule has 5 heteroatoms. The number of carbonyl (C=O) groups excluding carboxylic acids is 1. The van der Waals surface area contributed by atoms with Crippen LogP contribution in [0.1, 0.15) is 21.6 Å². The molecule has 0 fully saturated rings. The number of aromatic amines is 1. The Balaban J connectivity index is 1.76. The number of aliphatic hydroxyl groups is 1. The molecule has 1 heterocycles. The molecule has 22 heavy (non-hydrogen) atoms. The Labute approximate surface area is 132 Å². The van der Waals surface area contributed by atoms with E-state index in [0.717, 1.165) is 22.0 Å². The van der Waals surface area contributed by atoms with E-state index < -0.39 is 0 Å². The summed E-state index contributed by atoms with van der Waals surface area (Å²) in [5, 5.41) is 13.7. The number of fused-ring (bicyclic) bond motifs is 1. The summed E-state index contributed by atoms with van der Waals surface area (Å²) < 4.78 is 0. The zero-order chi connectivity index (χ0) is 15.5. The van der Waals surface area contributed by atoms with Crippen LogP contribution in [0.3, 0.4) is 0 Å². The standard InChI is InChI=1S/C17H15ClN2O2/c18-14-5-6-15-13(7-14)8-16(20-15)17(22)19-9-11-3-1-2-4-12(11)10-21/h1-8,20-21H,9-10H2,(H,19,22). The first-order valence-corrected chi connectivity index (χ1v) is 7.29. The Bertz CT molecular complexity index is 826. The van der Waals surface area contributed by atoms with Crippen LogP contribution in [0.5, 0.6) is 0 Å². The van der Waals surface area contributed by atoms with E-state index in [-0.39, 0.29) is 12.5 Å². The van der Waals surface area contributed by atoms with Gasteiger partial charge in [-0.2, -0.15) is 0 Å². The number of hydrogen-bond acceptors (Lipinski definition) is 2. The molecule has 3 N–H and O–H groups in total. The molecule has 0 aliphatic heterocycles. The highest BCUT2D eigenvalue weighted by molar-refractivity contribution is 6.31. The van der Waals surface area contributed by atoms with Gasteiger partial charge in [-0.15, -0.1) is 0 Å². The van der Waals surface area contributed by atoms with Crippen molar-refractivity contribution in [3.8, 4) is 0 Å². The number of rotatable bonds is 4. The van der Waals surface area contributed by atoms with Gasteiger partial charge < -0.3 is 15.4 Å². The first-order valence-electron chi connectivity index (χ1n) is 6.91. The molecule has 0 saturated heterocycles. The minimum absolute atomic E-state index is 0.0447. The van der Waals surface area contributed by atoms with Crippen LogP contribution in [0.25, 0.3) is 10.9 Å². The first-order chi connectivity index (χ1) is 10.7. The second-order valence-corrected chi connectivity index (χ2v) is 5.46. The van der Waals surface area contributed by atoms with Crippen LogP contribution in [0, 0.1) is 0 Å². The van der Waals surface area contributed by atoms with Crippen molar-refractivity contribution in [1.82, 2.24) is 10.3 Å². The molecule has 112 valence electrons. The Morgan fingerprint density at radius 2 is 1.91 bits per heavy atom. The number of halogens is 1. The van der Waals surface area contributed by atoms with E-state index in [1.807, 2.05) is 36.4 Å². The SMILES string of the molecule is O=C(NCc1ccccc1CO)c1cc2cc(Cl)ccc2[nH]1. The van der Waals surface area contributed by atoms with Crippen molar-refractivity contribution in [1.29, 1.82) is 0 Å². The quantitative estimate of drug-likeness (QED) is 0.692. The minimum atomic E-state index is -0.194. The van der Waals surface area contributed by atoms with Gasteiger partial charge in [0.15, 0.2) is 0 Å². The number of aromatic nitrogens is 1. The number of carbonyl (C=O) groups is 1. The molecule has 1 amide bonds. The summed E-state index contributed by atoms with van der Waals surface area (Å²) in [4.78, 5) is 15.3. The maximum absolute atomic E-state index is 12.2. The molecular formula is C17H15ClN2O2. The molecule has 2 aromatic carbocycles. The molecule has 0 unspecified atom stereocenters. The third-order valence-electron chi connectivity index (χ3n) is 3.56. The lowest BCUT2D eigenvalue weighted by Gasteiger charge is -2.08. The van der Waals surface area contributed by atoms with Gasteiger partial charge in [0.1, 0.15) is 5.69 Å². The maximum Gasteiger partial charge on any atom is 0.267 e. The van der Waals surface area contributed by atoms with Gasteiger partial charge in [-0.05, 0) is 35.4 Å². The second-order valence-electron chi connectivity index (χ2n) is 5.02. The Morgan fingerprint density at radius 1 is 1.14 bits per heavy atom. The Morgan fingerprint density at radius 3 is 2.68 bits per heavy atom. The monoisotopic (exact) mass is 314 g/mol. The Kier molecular flexibility index (Phi) is 4.13. The van der Waals surface area contributed by atoms with Crippen LogP contribution in [-0.2, 0) is 13.2 Å². The van der Waals surface area contributed by atoms with E-state index in [0.29, 0.717) is 17.3 Å². The zero-order valence-corrected chi connectivity index (χ0v) is 12.5. The van der Waals surface area contributed by atoms with Gasteiger partial charge in [0.05, 0.1) is 6.61 Å². The molecule has 4 nitrogen and oxygen atoms in total. The molecule has 0 bridgehead atoms. The van der Waals surface area contributed by atoms with E-state index >= 15 is 0 Å². The van der Waals surface area contributed by atoms with Gasteiger partial charge in [-0.3, -0.25) is 4.79 Å². The number of amides is 1. The predicted octanol–water partition coefficient (Wildman–Crippen LogP) is 3.24. The van der Waals surface area contributed by atoms with Crippen molar-refractivity contribution in [2.45, 2.75) is 13.2 Å². The van der Waals surface area contributed by atoms with Crippen LogP contribution in [0.2, 0.25) is 5.02 Å². The molecule has 0 spiro atoms. The molecule has 0 saturated carbocycles. The molecule has 3 rings (SSSR count). The van der Waals surface area contributed by atoms with Crippen LogP contribution < -0.4 is 5.32 Å². The Hall–Kier alpha value is -2.30. The third kappa shape index (κ3) is 2.98. The second kappa shape index (κ2) is 6.22. The number of nitrogens with one attached hydrogen (secondary N) is 2. The van der Waals surface area contributed by atoms with E-state index in [2.05, 4.69) is 10.3 Å². The molecule has 1 aromatic heterocycles. The fraction of sp³-hybridized carbons (Fsp3) is 0.118. The lowest BCUT2D eigenvalue weighted by molar-refractivity contribution is 0.0946. The molecule has 0 radical (unpaired) electrons. The van der Waals surface area contributed by atoms with Crippen LogP contribution in [0.4, 0.5) is 0 Å². The summed E-state index contributed by atoms with van der Waals surface area (Å²) >= 11 is 5.94. The average molecular weight is 315 g/mol. The highest BCUT2D eigenvalue weighted by Gasteiger charge is 2.10. The molecular weight excluding hydrogens is 300 g/mol. The highest BCUT2D eigenvalue weighted by Crippen LogP contribution is 2.20. The van der Waals surface area contributed by atoms with Gasteiger partial charge in [-0.25, -0.2) is 0 Å². The predicted molar refractivity (Wildman–Crippen MR) is 86.8 cm³/mol. The summed E-state index contributed by atoms with van der Waals surface area (Å²) in [6, 6.07) is 14.7. The lowest BCUT2D eigenvalue weighted by atomic mass is 10.1. The fourth-order valence-corrected chi connectivity index (χ4v) is 2.56. The number of aliphatic hydroxyl groups excluding tert-OH is 1. The summed E-state index contributed by atoms with van der Waals surface area (Å²) in [6.45, 7) is 0.322. The van der Waals surface area contributed by atoms with E-state index in [9.17, 15) is 9.90 Å². The van der Waals surface area contributed by atoms with E-state index in [1.165, 1.54) is 0 Å². The van der Waals surface area contributed by atoms with Crippen LogP contribution in [-0.4, -0.2) is 16.0 Å². The zero-order valence-electron chi connectivity index (χ0n) is 11.8. The summed E-state index contributed by atoms with van der Waals surface area (Å²) in [7, 11) is 0. The summed E-state index contributed by atoms with van der Waals surface area (Å²) in [5.74, 6) is -0.194. The number of hydrogen-bond donors (Lipinski definition) is 3. The normalized spacial score (nSPS) is 10.8. The van der Waals surface area contributed by atoms with E-state index in [1.54, 1.807) is 12.1 Å². The van der Waals surface area contributed by atoms with Gasteiger partial charge in [0, 0.05) is 22.5 Å². The first kappa shape index (κ1) is 14.6. The van der Waals surface area contributed by atoms with Gasteiger partial charge in [0.2, 0.25) is 0 Å². The highest BCUT2D eigenvalue weighted by atomic mass is 35.5. The molecule has 0 aliphatic carbocycles. The smallest absolute Gasteiger partial charge is 0.267 e. The molecule has 3 aromatic rings. The molecule has 0 atom stereocenters. The lowest BCUT2D eigenvalue weighted by Crippen LogP contribution is -2.23. The topological polar surface area (TPSA) is 65.1 Å². The average Bonchev–Trinajstić information content (AvgIpc) is 2.96. The van der Waals surface area contributed by atoms with Gasteiger partial charge in [-0.1, -0.05) is 35.9 Å². The van der Waals surface area contributed by atoms with Crippen LogP contribution >= 0.6 is 11.6 Å². The van der Waals surface area contributed by atoms with Crippen molar-refractivity contribution in [3.05, 3.63) is 70.4 Å².